The van der Waals surface area contributed by atoms with Crippen LogP contribution in [0.4, 0.5) is 0 Å². The van der Waals surface area contributed by atoms with Gasteiger partial charge in [-0.3, -0.25) is 28.8 Å². The summed E-state index contributed by atoms with van der Waals surface area (Å²) >= 11 is 3.28. The van der Waals surface area contributed by atoms with Gasteiger partial charge in [0.05, 0.1) is 32.3 Å². The number of carbonyl (C=O) groups is 6. The highest BCUT2D eigenvalue weighted by atomic mass is 32.2. The molecule has 0 amide bonds. The van der Waals surface area contributed by atoms with Crippen molar-refractivity contribution >= 4 is 59.3 Å². The molecule has 0 aliphatic heterocycles. The van der Waals surface area contributed by atoms with Gasteiger partial charge < -0.3 is 29.5 Å². The van der Waals surface area contributed by atoms with Crippen LogP contribution < -0.4 is 0 Å². The number of rotatable bonds is 42. The molecule has 0 spiro atoms. The molecule has 0 aliphatic carbocycles. The Kier molecular flexibility index (Phi) is 52.6. The maximum atomic E-state index is 12.7. The summed E-state index contributed by atoms with van der Waals surface area (Å²) in [4.78, 5) is 65.0. The van der Waals surface area contributed by atoms with Crippen molar-refractivity contribution in [3.8, 4) is 0 Å². The van der Waals surface area contributed by atoms with Crippen LogP contribution in [-0.4, -0.2) is 94.0 Å². The summed E-state index contributed by atoms with van der Waals surface area (Å²) in [7, 11) is 0. The monoisotopic (exact) mass is 923 g/mol. The summed E-state index contributed by atoms with van der Waals surface area (Å²) in [6.07, 6.45) is 37.0. The van der Waals surface area contributed by atoms with E-state index in [0.717, 1.165) is 25.7 Å². The first-order valence-corrected chi connectivity index (χ1v) is 26.8. The van der Waals surface area contributed by atoms with Gasteiger partial charge in [-0.15, -0.1) is 0 Å². The Balaban J connectivity index is -0.00000159. The molecule has 0 saturated heterocycles. The Morgan fingerprint density at radius 3 is 0.871 bits per heavy atom. The Bertz CT molecular complexity index is 1010. The Hall–Kier alpha value is -2.48. The SMILES string of the molecule is CCCCCCCCCCCCCCCC(=O)OC(CSC)C(CSC)OC(=O)CCCCCCCCCCCCCCC.CCOC(=O)CCC(=O)O.O=C(O)CCC(=O)O. The lowest BCUT2D eigenvalue weighted by atomic mass is 10.0. The van der Waals surface area contributed by atoms with Crippen molar-refractivity contribution in [1.82, 2.24) is 0 Å². The largest absolute Gasteiger partial charge is 0.481 e. The second-order valence-corrected chi connectivity index (χ2v) is 17.8. The van der Waals surface area contributed by atoms with E-state index >= 15 is 0 Å². The van der Waals surface area contributed by atoms with E-state index in [4.69, 9.17) is 24.8 Å². The molecule has 366 valence electrons. The number of hydrogen-bond acceptors (Lipinski definition) is 11. The fourth-order valence-corrected chi connectivity index (χ4v) is 7.67. The molecule has 0 aromatic carbocycles. The molecule has 0 aliphatic rings. The lowest BCUT2D eigenvalue weighted by molar-refractivity contribution is -0.164. The molecule has 2 atom stereocenters. The summed E-state index contributed by atoms with van der Waals surface area (Å²) < 4.78 is 16.3. The van der Waals surface area contributed by atoms with E-state index in [9.17, 15) is 28.8 Å². The number of thioether (sulfide) groups is 2. The molecule has 0 aromatic heterocycles. The summed E-state index contributed by atoms with van der Waals surface area (Å²) in [5.74, 6) is -2.57. The Morgan fingerprint density at radius 1 is 0.371 bits per heavy atom. The van der Waals surface area contributed by atoms with Crippen LogP contribution in [0.5, 0.6) is 0 Å². The molecule has 0 rings (SSSR count). The first-order valence-electron chi connectivity index (χ1n) is 24.1. The van der Waals surface area contributed by atoms with Crippen molar-refractivity contribution in [2.45, 2.75) is 238 Å². The number of carboxylic acids is 3. The van der Waals surface area contributed by atoms with Crippen molar-refractivity contribution < 1.29 is 58.3 Å². The molecule has 0 fully saturated rings. The third kappa shape index (κ3) is 53.7. The fourth-order valence-electron chi connectivity index (χ4n) is 6.45. The van der Waals surface area contributed by atoms with Crippen LogP contribution in [0.25, 0.3) is 0 Å². The van der Waals surface area contributed by atoms with Gasteiger partial charge >= 0.3 is 35.8 Å². The smallest absolute Gasteiger partial charge is 0.306 e. The normalized spacial score (nSPS) is 11.6. The van der Waals surface area contributed by atoms with Gasteiger partial charge in [-0.1, -0.05) is 168 Å². The second-order valence-electron chi connectivity index (χ2n) is 15.9. The zero-order valence-corrected chi connectivity index (χ0v) is 41.4. The number of unbranched alkanes of at least 4 members (excludes halogenated alkanes) is 24. The second kappa shape index (κ2) is 51.2. The molecule has 3 N–H and O–H groups in total. The first kappa shape index (κ1) is 63.8. The Morgan fingerprint density at radius 2 is 0.629 bits per heavy atom. The predicted octanol–water partition coefficient (Wildman–Crippen LogP) is 12.8. The minimum Gasteiger partial charge on any atom is -0.481 e. The van der Waals surface area contributed by atoms with Crippen molar-refractivity contribution in [1.29, 1.82) is 0 Å². The van der Waals surface area contributed by atoms with Crippen molar-refractivity contribution in [2.24, 2.45) is 0 Å². The topological polar surface area (TPSA) is 191 Å². The van der Waals surface area contributed by atoms with E-state index in [2.05, 4.69) is 18.6 Å². The van der Waals surface area contributed by atoms with Gasteiger partial charge in [0.25, 0.3) is 0 Å². The number of carbonyl (C=O) groups excluding carboxylic acids is 3. The molecule has 2 unspecified atom stereocenters. The number of esters is 3. The van der Waals surface area contributed by atoms with Crippen molar-refractivity contribution in [3.63, 3.8) is 0 Å². The highest BCUT2D eigenvalue weighted by Crippen LogP contribution is 2.19. The van der Waals surface area contributed by atoms with Crippen LogP contribution in [0.15, 0.2) is 0 Å². The van der Waals surface area contributed by atoms with E-state index in [1.54, 1.807) is 30.4 Å². The molecular weight excluding hydrogens is 833 g/mol. The third-order valence-corrected chi connectivity index (χ3v) is 11.3. The molecule has 0 saturated carbocycles. The summed E-state index contributed by atoms with van der Waals surface area (Å²) in [5.41, 5.74) is 0. The van der Waals surface area contributed by atoms with Crippen LogP contribution in [0.2, 0.25) is 0 Å². The van der Waals surface area contributed by atoms with Crippen molar-refractivity contribution in [2.75, 3.05) is 30.6 Å². The third-order valence-electron chi connectivity index (χ3n) is 10.0. The lowest BCUT2D eigenvalue weighted by Crippen LogP contribution is -2.39. The van der Waals surface area contributed by atoms with Crippen LogP contribution in [0, 0.1) is 0 Å². The van der Waals surface area contributed by atoms with Gasteiger partial charge in [0, 0.05) is 24.3 Å². The van der Waals surface area contributed by atoms with E-state index in [1.807, 2.05) is 12.5 Å². The number of carboxylic acid groups (broad SMARTS) is 3. The quantitative estimate of drug-likeness (QED) is 0.0298. The molecular formula is C48H90O12S2. The predicted molar refractivity (Wildman–Crippen MR) is 255 cm³/mol. The lowest BCUT2D eigenvalue weighted by Gasteiger charge is -2.26. The van der Waals surface area contributed by atoms with Gasteiger partial charge in [-0.2, -0.15) is 23.5 Å². The van der Waals surface area contributed by atoms with Crippen LogP contribution in [0.1, 0.15) is 226 Å². The first-order chi connectivity index (χ1) is 29.9. The zero-order chi connectivity index (χ0) is 46.9. The minimum atomic E-state index is -1.08. The van der Waals surface area contributed by atoms with Gasteiger partial charge in [0.1, 0.15) is 12.2 Å². The fraction of sp³-hybridized carbons (Fsp3) is 0.875. The summed E-state index contributed by atoms with van der Waals surface area (Å²) in [6, 6.07) is 0. The Labute approximate surface area is 385 Å². The standard InChI is InChI=1S/C38H74O4S2.C6H10O4.C4H6O4/c1-5-7-9-11-13-15-17-19-21-23-25-27-29-31-37(39)41-35(33-43-3)36(34-44-4)42-38(40)32-30-28-26-24-22-20-18-16-14-12-10-8-6-2;1-2-10-6(9)4-3-5(7)8;5-3(6)1-2-4(7)8/h35-36H,5-34H2,1-4H3;2-4H2,1H3,(H,7,8);1-2H2,(H,5,6)(H,7,8). The average Bonchev–Trinajstić information content (AvgIpc) is 3.23. The van der Waals surface area contributed by atoms with Gasteiger partial charge in [0.15, 0.2) is 0 Å². The van der Waals surface area contributed by atoms with Gasteiger partial charge in [-0.05, 0) is 32.3 Å². The van der Waals surface area contributed by atoms with E-state index in [0.29, 0.717) is 31.0 Å². The van der Waals surface area contributed by atoms with Crippen LogP contribution in [0.3, 0.4) is 0 Å². The molecule has 0 bridgehead atoms. The molecule has 14 heteroatoms. The number of ether oxygens (including phenoxy) is 3. The molecule has 0 aromatic rings. The van der Waals surface area contributed by atoms with Gasteiger partial charge in [-0.25, -0.2) is 0 Å². The van der Waals surface area contributed by atoms with E-state index in [1.165, 1.54) is 141 Å². The molecule has 12 nitrogen and oxygen atoms in total. The van der Waals surface area contributed by atoms with Crippen molar-refractivity contribution in [3.05, 3.63) is 0 Å². The van der Waals surface area contributed by atoms with Crippen LogP contribution >= 0.6 is 23.5 Å². The highest BCUT2D eigenvalue weighted by Gasteiger charge is 2.28. The minimum absolute atomic E-state index is 0.0385. The highest BCUT2D eigenvalue weighted by molar-refractivity contribution is 7.99. The molecule has 0 radical (unpaired) electrons. The van der Waals surface area contributed by atoms with Crippen LogP contribution in [-0.2, 0) is 43.0 Å². The summed E-state index contributed by atoms with van der Waals surface area (Å²) in [6.45, 7) is 6.53. The van der Waals surface area contributed by atoms with E-state index in [-0.39, 0.29) is 49.8 Å². The maximum absolute atomic E-state index is 12.7. The molecule has 0 heterocycles. The summed E-state index contributed by atoms with van der Waals surface area (Å²) in [5, 5.41) is 23.9. The average molecular weight is 923 g/mol. The molecule has 62 heavy (non-hydrogen) atoms. The number of aliphatic carboxylic acids is 3. The zero-order valence-electron chi connectivity index (χ0n) is 39.7. The number of hydrogen-bond donors (Lipinski definition) is 3. The maximum Gasteiger partial charge on any atom is 0.306 e. The van der Waals surface area contributed by atoms with Gasteiger partial charge in [0.2, 0.25) is 0 Å². The van der Waals surface area contributed by atoms with E-state index < -0.39 is 23.9 Å².